The lowest BCUT2D eigenvalue weighted by Crippen LogP contribution is -2.50. The second kappa shape index (κ2) is 8.42. The topological polar surface area (TPSA) is 84.2 Å². The number of carboxylic acids is 1. The minimum atomic E-state index is -1.41. The molecule has 10 heteroatoms. The zero-order valence-corrected chi connectivity index (χ0v) is 17.6. The van der Waals surface area contributed by atoms with Gasteiger partial charge >= 0.3 is 5.97 Å². The Labute approximate surface area is 182 Å². The molecular weight excluding hydrogens is 424 g/mol. The fraction of sp³-hybridized carbons (Fsp3) is 0.545. The molecule has 1 aromatic heterocycles. The van der Waals surface area contributed by atoms with Crippen LogP contribution in [0.15, 0.2) is 17.1 Å². The molecule has 2 aliphatic heterocycles. The molecule has 1 aliphatic carbocycles. The third kappa shape index (κ3) is 3.87. The standard InChI is InChI=1S/C22H25F2N3O5/c23-17-9-15-19(27(13-1-2-13)12-16(21(15)28)22(29)30)18(24)20(17)26-5-8-32-14(11-26)10-25-3-6-31-7-4-25/h9,12-14H,1-8,10-11H2,(H,29,30). The normalized spacial score (nSPS) is 22.4. The Kier molecular flexibility index (Phi) is 5.60. The number of benzene rings is 1. The first-order valence-electron chi connectivity index (χ1n) is 10.9. The van der Waals surface area contributed by atoms with Gasteiger partial charge in [0.2, 0.25) is 5.43 Å². The highest BCUT2D eigenvalue weighted by Gasteiger charge is 2.32. The monoisotopic (exact) mass is 449 g/mol. The SMILES string of the molecule is O=C(O)c1cn(C2CC2)c2c(F)c(N3CCOC(CN4CCOCC4)C3)c(F)cc2c1=O. The van der Waals surface area contributed by atoms with Crippen molar-refractivity contribution in [1.82, 2.24) is 9.47 Å². The van der Waals surface area contributed by atoms with Crippen molar-refractivity contribution in [2.75, 3.05) is 57.4 Å². The van der Waals surface area contributed by atoms with E-state index in [1.54, 1.807) is 4.90 Å². The van der Waals surface area contributed by atoms with Gasteiger partial charge in [0.25, 0.3) is 0 Å². The van der Waals surface area contributed by atoms with Crippen LogP contribution < -0.4 is 10.3 Å². The number of hydrogen-bond donors (Lipinski definition) is 1. The van der Waals surface area contributed by atoms with Crippen molar-refractivity contribution in [3.8, 4) is 0 Å². The van der Waals surface area contributed by atoms with Crippen molar-refractivity contribution in [2.45, 2.75) is 25.0 Å². The number of fused-ring (bicyclic) bond motifs is 1. The minimum Gasteiger partial charge on any atom is -0.477 e. The molecule has 32 heavy (non-hydrogen) atoms. The lowest BCUT2D eigenvalue weighted by molar-refractivity contribution is -0.0173. The summed E-state index contributed by atoms with van der Waals surface area (Å²) in [5, 5.41) is 9.14. The first-order chi connectivity index (χ1) is 15.4. The molecular formula is C22H25F2N3O5. The van der Waals surface area contributed by atoms with Crippen LogP contribution in [0.3, 0.4) is 0 Å². The Bertz CT molecular complexity index is 1110. The fourth-order valence-corrected chi connectivity index (χ4v) is 4.62. The van der Waals surface area contributed by atoms with Crippen molar-refractivity contribution in [2.24, 2.45) is 0 Å². The van der Waals surface area contributed by atoms with Crippen molar-refractivity contribution < 1.29 is 28.2 Å². The molecule has 0 bridgehead atoms. The Morgan fingerprint density at radius 2 is 1.91 bits per heavy atom. The molecule has 5 rings (SSSR count). The van der Waals surface area contributed by atoms with E-state index in [4.69, 9.17) is 9.47 Å². The van der Waals surface area contributed by atoms with Crippen LogP contribution in [0.1, 0.15) is 29.2 Å². The van der Waals surface area contributed by atoms with Crippen LogP contribution in [-0.2, 0) is 9.47 Å². The molecule has 0 amide bonds. The summed E-state index contributed by atoms with van der Waals surface area (Å²) in [5.41, 5.74) is -1.58. The number of pyridine rings is 1. The van der Waals surface area contributed by atoms with Crippen molar-refractivity contribution in [3.05, 3.63) is 39.7 Å². The van der Waals surface area contributed by atoms with Gasteiger partial charge in [-0.3, -0.25) is 9.69 Å². The van der Waals surface area contributed by atoms with E-state index in [1.165, 1.54) is 10.8 Å². The predicted octanol–water partition coefficient (Wildman–Crippen LogP) is 1.85. The van der Waals surface area contributed by atoms with E-state index < -0.39 is 28.6 Å². The van der Waals surface area contributed by atoms with Gasteiger partial charge in [0, 0.05) is 45.0 Å². The number of anilines is 1. The maximum Gasteiger partial charge on any atom is 0.341 e. The number of aromatic carboxylic acids is 1. The van der Waals surface area contributed by atoms with Crippen molar-refractivity contribution in [1.29, 1.82) is 0 Å². The van der Waals surface area contributed by atoms with Gasteiger partial charge in [0.05, 0.1) is 36.8 Å². The van der Waals surface area contributed by atoms with Gasteiger partial charge in [-0.15, -0.1) is 0 Å². The van der Waals surface area contributed by atoms with Gasteiger partial charge in [0.15, 0.2) is 5.82 Å². The number of ether oxygens (including phenoxy) is 2. The second-order valence-corrected chi connectivity index (χ2v) is 8.58. The van der Waals surface area contributed by atoms with Crippen LogP contribution in [0.2, 0.25) is 0 Å². The van der Waals surface area contributed by atoms with Gasteiger partial charge in [-0.2, -0.15) is 0 Å². The Hall–Kier alpha value is -2.56. The first kappa shape index (κ1) is 21.3. The van der Waals surface area contributed by atoms with Gasteiger partial charge in [-0.05, 0) is 18.9 Å². The number of carboxylic acid groups (broad SMARTS) is 1. The molecule has 1 saturated carbocycles. The van der Waals surface area contributed by atoms with Crippen molar-refractivity contribution in [3.63, 3.8) is 0 Å². The summed E-state index contributed by atoms with van der Waals surface area (Å²) in [7, 11) is 0. The van der Waals surface area contributed by atoms with Crippen LogP contribution in [-0.4, -0.2) is 79.2 Å². The molecule has 1 aromatic carbocycles. The number of halogens is 2. The maximum atomic E-state index is 15.8. The molecule has 2 aromatic rings. The zero-order chi connectivity index (χ0) is 22.4. The molecule has 1 unspecified atom stereocenters. The molecule has 1 N–H and O–H groups in total. The van der Waals surface area contributed by atoms with Gasteiger partial charge in [0.1, 0.15) is 17.1 Å². The quantitative estimate of drug-likeness (QED) is 0.746. The molecule has 172 valence electrons. The van der Waals surface area contributed by atoms with Gasteiger partial charge in [-0.1, -0.05) is 0 Å². The molecule has 0 spiro atoms. The number of carbonyl (C=O) groups is 1. The van der Waals surface area contributed by atoms with Gasteiger partial charge < -0.3 is 24.0 Å². The largest absolute Gasteiger partial charge is 0.477 e. The number of hydrogen-bond acceptors (Lipinski definition) is 6. The van der Waals surface area contributed by atoms with E-state index in [2.05, 4.69) is 4.90 Å². The number of nitrogens with zero attached hydrogens (tertiary/aromatic N) is 3. The van der Waals surface area contributed by atoms with Crippen LogP contribution in [0.5, 0.6) is 0 Å². The third-order valence-corrected chi connectivity index (χ3v) is 6.38. The van der Waals surface area contributed by atoms with E-state index >= 15 is 8.78 Å². The summed E-state index contributed by atoms with van der Waals surface area (Å²) < 4.78 is 43.7. The van der Waals surface area contributed by atoms with E-state index in [9.17, 15) is 14.7 Å². The second-order valence-electron chi connectivity index (χ2n) is 8.58. The summed E-state index contributed by atoms with van der Waals surface area (Å²) >= 11 is 0. The van der Waals surface area contributed by atoms with E-state index in [1.807, 2.05) is 0 Å². The Morgan fingerprint density at radius 3 is 2.59 bits per heavy atom. The summed E-state index contributed by atoms with van der Waals surface area (Å²) in [4.78, 5) is 28.0. The van der Waals surface area contributed by atoms with Crippen LogP contribution >= 0.6 is 0 Å². The van der Waals surface area contributed by atoms with E-state index in [0.717, 1.165) is 32.0 Å². The average molecular weight is 449 g/mol. The molecule has 0 radical (unpaired) electrons. The summed E-state index contributed by atoms with van der Waals surface area (Å²) in [6, 6.07) is 0.885. The zero-order valence-electron chi connectivity index (χ0n) is 17.6. The molecule has 2 saturated heterocycles. The molecule has 3 aliphatic rings. The number of aromatic nitrogens is 1. The number of morpholine rings is 2. The summed E-state index contributed by atoms with van der Waals surface area (Å²) in [6.45, 7) is 4.50. The highest BCUT2D eigenvalue weighted by atomic mass is 19.1. The Balaban J connectivity index is 1.53. The summed E-state index contributed by atoms with van der Waals surface area (Å²) in [6.07, 6.45) is 2.48. The minimum absolute atomic E-state index is 0.0323. The van der Waals surface area contributed by atoms with E-state index in [0.29, 0.717) is 39.5 Å². The lowest BCUT2D eigenvalue weighted by atomic mass is 10.1. The van der Waals surface area contributed by atoms with Crippen LogP contribution in [0, 0.1) is 11.6 Å². The predicted molar refractivity (Wildman–Crippen MR) is 113 cm³/mol. The van der Waals surface area contributed by atoms with Crippen LogP contribution in [0.4, 0.5) is 14.5 Å². The summed E-state index contributed by atoms with van der Waals surface area (Å²) in [5.74, 6) is -3.10. The lowest BCUT2D eigenvalue weighted by Gasteiger charge is -2.38. The Morgan fingerprint density at radius 1 is 1.16 bits per heavy atom. The number of rotatable bonds is 5. The van der Waals surface area contributed by atoms with E-state index in [-0.39, 0.29) is 28.7 Å². The fourth-order valence-electron chi connectivity index (χ4n) is 4.62. The first-order valence-corrected chi connectivity index (χ1v) is 10.9. The third-order valence-electron chi connectivity index (χ3n) is 6.38. The average Bonchev–Trinajstić information content (AvgIpc) is 3.60. The molecule has 3 heterocycles. The smallest absolute Gasteiger partial charge is 0.341 e. The molecule has 3 fully saturated rings. The maximum absolute atomic E-state index is 15.8. The highest BCUT2D eigenvalue weighted by Crippen LogP contribution is 2.39. The van der Waals surface area contributed by atoms with Crippen molar-refractivity contribution >= 4 is 22.6 Å². The molecule has 8 nitrogen and oxygen atoms in total. The van der Waals surface area contributed by atoms with Crippen LogP contribution in [0.25, 0.3) is 10.9 Å². The highest BCUT2D eigenvalue weighted by molar-refractivity contribution is 5.94. The molecule has 1 atom stereocenters. The van der Waals surface area contributed by atoms with Gasteiger partial charge in [-0.25, -0.2) is 13.6 Å².